The Balaban J connectivity index is 0.988. The fourth-order valence-electron chi connectivity index (χ4n) is 9.76. The summed E-state index contributed by atoms with van der Waals surface area (Å²) in [5, 5.41) is 0. The smallest absolute Gasteiger partial charge is 0.0131 e. The van der Waals surface area contributed by atoms with Gasteiger partial charge in [0.25, 0.3) is 0 Å². The first kappa shape index (κ1) is 26.8. The molecule has 8 aliphatic carbocycles. The lowest BCUT2D eigenvalue weighted by atomic mass is 9.66. The highest BCUT2D eigenvalue weighted by atomic mass is 14.4. The third-order valence-corrected chi connectivity index (χ3v) is 12.1. The minimum absolute atomic E-state index is 0.406. The molecule has 224 valence electrons. The van der Waals surface area contributed by atoms with Crippen molar-refractivity contribution in [1.82, 2.24) is 0 Å². The molecular weight excluding hydrogens is 553 g/mol. The van der Waals surface area contributed by atoms with Crippen molar-refractivity contribution in [2.75, 3.05) is 0 Å². The first-order valence-corrected chi connectivity index (χ1v) is 17.7. The molecule has 0 spiro atoms. The van der Waals surface area contributed by atoms with Crippen LogP contribution < -0.4 is 0 Å². The van der Waals surface area contributed by atoms with Crippen LogP contribution in [0.3, 0.4) is 0 Å². The van der Waals surface area contributed by atoms with Crippen molar-refractivity contribution in [2.24, 2.45) is 11.8 Å². The monoisotopic (exact) mass is 592 g/mol. The van der Waals surface area contributed by atoms with Gasteiger partial charge < -0.3 is 0 Å². The summed E-state index contributed by atoms with van der Waals surface area (Å²) in [6, 6.07) is 16.5. The van der Waals surface area contributed by atoms with Crippen LogP contribution >= 0.6 is 0 Å². The van der Waals surface area contributed by atoms with Crippen molar-refractivity contribution < 1.29 is 0 Å². The molecule has 0 saturated carbocycles. The van der Waals surface area contributed by atoms with Gasteiger partial charge in [-0.05, 0) is 129 Å². The topological polar surface area (TPSA) is 0 Å². The van der Waals surface area contributed by atoms with E-state index in [1.807, 2.05) is 0 Å². The minimum atomic E-state index is 0.406. The van der Waals surface area contributed by atoms with Crippen molar-refractivity contribution in [1.29, 1.82) is 0 Å². The zero-order valence-corrected chi connectivity index (χ0v) is 26.5. The van der Waals surface area contributed by atoms with Crippen molar-refractivity contribution in [3.8, 4) is 0 Å². The van der Waals surface area contributed by atoms with Crippen molar-refractivity contribution in [2.45, 2.75) is 63.2 Å². The van der Waals surface area contributed by atoms with Crippen LogP contribution in [0, 0.1) is 11.8 Å². The van der Waals surface area contributed by atoms with E-state index in [4.69, 9.17) is 0 Å². The van der Waals surface area contributed by atoms with Gasteiger partial charge in [0.1, 0.15) is 0 Å². The van der Waals surface area contributed by atoms with E-state index in [0.29, 0.717) is 23.7 Å². The molecule has 0 aromatic heterocycles. The number of allylic oxidation sites excluding steroid dienone is 21. The van der Waals surface area contributed by atoms with E-state index in [2.05, 4.69) is 121 Å². The molecule has 0 amide bonds. The molecule has 46 heavy (non-hydrogen) atoms. The molecule has 4 atom stereocenters. The van der Waals surface area contributed by atoms with E-state index in [0.717, 1.165) is 12.8 Å². The average Bonchev–Trinajstić information content (AvgIpc) is 3.14. The molecule has 0 heteroatoms. The van der Waals surface area contributed by atoms with Gasteiger partial charge in [0.15, 0.2) is 0 Å². The van der Waals surface area contributed by atoms with Gasteiger partial charge >= 0.3 is 0 Å². The molecular formula is C46H40. The first-order chi connectivity index (χ1) is 22.8. The predicted molar refractivity (Wildman–Crippen MR) is 193 cm³/mol. The van der Waals surface area contributed by atoms with E-state index in [1.165, 1.54) is 77.5 Å². The van der Waals surface area contributed by atoms with Gasteiger partial charge in [0.2, 0.25) is 0 Å². The molecule has 0 aliphatic heterocycles. The average molecular weight is 593 g/mol. The third kappa shape index (κ3) is 4.19. The van der Waals surface area contributed by atoms with E-state index >= 15 is 0 Å². The van der Waals surface area contributed by atoms with Gasteiger partial charge in [0, 0.05) is 23.7 Å². The van der Waals surface area contributed by atoms with Crippen LogP contribution in [0.15, 0.2) is 154 Å². The normalized spacial score (nSPS) is 28.3. The Morgan fingerprint density at radius 1 is 0.500 bits per heavy atom. The summed E-state index contributed by atoms with van der Waals surface area (Å²) in [5.41, 5.74) is 21.4. The Labute approximate surface area is 273 Å². The maximum absolute atomic E-state index is 2.61. The molecule has 4 unspecified atom stereocenters. The number of rotatable bonds is 2. The second kappa shape index (κ2) is 10.6. The molecule has 8 aliphatic rings. The summed E-state index contributed by atoms with van der Waals surface area (Å²) in [6.45, 7) is 0. The Morgan fingerprint density at radius 3 is 2.22 bits per heavy atom. The van der Waals surface area contributed by atoms with Gasteiger partial charge in [-0.15, -0.1) is 0 Å². The van der Waals surface area contributed by atoms with E-state index in [1.54, 1.807) is 39.0 Å². The van der Waals surface area contributed by atoms with Gasteiger partial charge in [-0.25, -0.2) is 0 Å². The summed E-state index contributed by atoms with van der Waals surface area (Å²) in [5.74, 6) is 1.71. The third-order valence-electron chi connectivity index (χ3n) is 12.1. The van der Waals surface area contributed by atoms with Crippen molar-refractivity contribution in [3.63, 3.8) is 0 Å². The van der Waals surface area contributed by atoms with Crippen LogP contribution in [0.2, 0.25) is 0 Å². The zero-order chi connectivity index (χ0) is 30.2. The maximum Gasteiger partial charge on any atom is 0.0131 e. The molecule has 0 N–H and O–H groups in total. The highest BCUT2D eigenvalue weighted by Gasteiger charge is 2.35. The Hall–Kier alpha value is -4.42. The Morgan fingerprint density at radius 2 is 1.26 bits per heavy atom. The predicted octanol–water partition coefficient (Wildman–Crippen LogP) is 11.8. The largest absolute Gasteiger partial charge is 0.0839 e. The van der Waals surface area contributed by atoms with Gasteiger partial charge in [0.05, 0.1) is 0 Å². The standard InChI is InChI=1S/C46H40/c1-2-8-32-25-33(16-13-29(32)7-1)34-17-14-30-19-23-42-41(44(30)26-34)22-20-31-15-18-35(27-45(31)42)36-21-24-43-39-11-4-3-9-37(39)38-10-5-6-12-40(38)46(43)28-36/h1,3-7,9-12,15,18-20,22-23,25-28,38,40-42H,2,8,13-14,16-17,21,24H2. The molecule has 0 nitrogen and oxygen atoms in total. The van der Waals surface area contributed by atoms with Crippen LogP contribution in [0.25, 0.3) is 17.2 Å². The van der Waals surface area contributed by atoms with Crippen LogP contribution in [0.4, 0.5) is 0 Å². The summed E-state index contributed by atoms with van der Waals surface area (Å²) in [7, 11) is 0. The van der Waals surface area contributed by atoms with Crippen LogP contribution in [-0.4, -0.2) is 0 Å². The van der Waals surface area contributed by atoms with E-state index < -0.39 is 0 Å². The number of hydrogen-bond donors (Lipinski definition) is 0. The fraction of sp³-hybridized carbons (Fsp3) is 0.261. The molecule has 0 fully saturated rings. The molecule has 10 rings (SSSR count). The molecule has 0 heterocycles. The lowest BCUT2D eigenvalue weighted by molar-refractivity contribution is 0.644. The highest BCUT2D eigenvalue weighted by Crippen LogP contribution is 2.52. The minimum Gasteiger partial charge on any atom is -0.0839 e. The molecule has 0 saturated heterocycles. The number of benzene rings is 2. The van der Waals surface area contributed by atoms with Crippen molar-refractivity contribution in [3.05, 3.63) is 182 Å². The first-order valence-electron chi connectivity index (χ1n) is 17.7. The summed E-state index contributed by atoms with van der Waals surface area (Å²) < 4.78 is 0. The SMILES string of the molecule is C1=CC2C3=C(CCC(c4ccc5c(c4)C4C=CC6=C(C=C(C7=CC8=C(C=CCC8)CC7)CC6)C4C=C5)=C3)c3ccccc3C2C=C1. The second-order valence-corrected chi connectivity index (χ2v) is 14.4. The number of fused-ring (bicyclic) bond motifs is 9. The highest BCUT2D eigenvalue weighted by molar-refractivity contribution is 5.86. The molecule has 0 bridgehead atoms. The zero-order valence-electron chi connectivity index (χ0n) is 26.5. The molecule has 2 aromatic rings. The molecule has 0 radical (unpaired) electrons. The van der Waals surface area contributed by atoms with Crippen LogP contribution in [0.5, 0.6) is 0 Å². The lowest BCUT2D eigenvalue weighted by Gasteiger charge is -2.37. The van der Waals surface area contributed by atoms with Crippen LogP contribution in [0.1, 0.15) is 91.0 Å². The van der Waals surface area contributed by atoms with E-state index in [9.17, 15) is 0 Å². The fourth-order valence-corrected chi connectivity index (χ4v) is 9.76. The van der Waals surface area contributed by atoms with Crippen molar-refractivity contribution >= 4 is 17.2 Å². The summed E-state index contributed by atoms with van der Waals surface area (Å²) >= 11 is 0. The lowest BCUT2D eigenvalue weighted by Crippen LogP contribution is -2.22. The maximum atomic E-state index is 2.61. The van der Waals surface area contributed by atoms with Gasteiger partial charge in [-0.2, -0.15) is 0 Å². The van der Waals surface area contributed by atoms with Gasteiger partial charge in [-0.3, -0.25) is 0 Å². The Kier molecular flexibility index (Phi) is 6.15. The number of hydrogen-bond acceptors (Lipinski definition) is 0. The van der Waals surface area contributed by atoms with Gasteiger partial charge in [-0.1, -0.05) is 121 Å². The van der Waals surface area contributed by atoms with Crippen LogP contribution in [-0.2, 0) is 0 Å². The quantitative estimate of drug-likeness (QED) is 0.325. The second-order valence-electron chi connectivity index (χ2n) is 14.4. The Bertz CT molecular complexity index is 2050. The van der Waals surface area contributed by atoms with E-state index in [-0.39, 0.29) is 0 Å². The summed E-state index contributed by atoms with van der Waals surface area (Å²) in [4.78, 5) is 0. The summed E-state index contributed by atoms with van der Waals surface area (Å²) in [6.07, 6.45) is 41.1. The molecule has 2 aromatic carbocycles.